The van der Waals surface area contributed by atoms with E-state index in [0.29, 0.717) is 22.7 Å². The van der Waals surface area contributed by atoms with E-state index in [4.69, 9.17) is 16.3 Å². The number of benzene rings is 1. The second-order valence-corrected chi connectivity index (χ2v) is 7.11. The molecule has 1 aromatic carbocycles. The molecule has 0 spiro atoms. The van der Waals surface area contributed by atoms with Crippen molar-refractivity contribution in [1.29, 1.82) is 0 Å². The third kappa shape index (κ3) is 2.87. The van der Waals surface area contributed by atoms with Crippen LogP contribution in [0.4, 0.5) is 0 Å². The largest absolute Gasteiger partial charge is 0.375 e. The van der Waals surface area contributed by atoms with Crippen molar-refractivity contribution in [2.75, 3.05) is 19.7 Å². The van der Waals surface area contributed by atoms with E-state index in [-0.39, 0.29) is 11.9 Å². The highest BCUT2D eigenvalue weighted by Gasteiger charge is 2.42. The number of ether oxygens (including phenoxy) is 1. The van der Waals surface area contributed by atoms with Crippen molar-refractivity contribution in [3.8, 4) is 0 Å². The van der Waals surface area contributed by atoms with Crippen LogP contribution in [0.2, 0.25) is 5.02 Å². The number of carbonyl (C=O) groups excluding carboxylic acids is 1. The number of carbonyl (C=O) groups is 1. The van der Waals surface area contributed by atoms with Crippen LogP contribution in [0.15, 0.2) is 24.3 Å². The number of hydrogen-bond donors (Lipinski definition) is 1. The van der Waals surface area contributed by atoms with Crippen molar-refractivity contribution in [2.45, 2.75) is 37.5 Å². The zero-order valence-electron chi connectivity index (χ0n) is 12.5. The molecule has 118 valence electrons. The van der Waals surface area contributed by atoms with Gasteiger partial charge in [-0.05, 0) is 37.3 Å². The van der Waals surface area contributed by atoms with Gasteiger partial charge in [0.15, 0.2) is 0 Å². The molecular formula is C17H21ClN2O2. The Morgan fingerprint density at radius 1 is 1.27 bits per heavy atom. The van der Waals surface area contributed by atoms with E-state index in [1.807, 2.05) is 12.1 Å². The van der Waals surface area contributed by atoms with Crippen LogP contribution in [0.25, 0.3) is 0 Å². The van der Waals surface area contributed by atoms with Gasteiger partial charge in [-0.15, -0.1) is 0 Å². The van der Waals surface area contributed by atoms with Crippen LogP contribution < -0.4 is 5.32 Å². The molecule has 22 heavy (non-hydrogen) atoms. The zero-order valence-corrected chi connectivity index (χ0v) is 13.3. The molecular weight excluding hydrogens is 300 g/mol. The number of nitrogens with zero attached hydrogens (tertiary/aromatic N) is 1. The lowest BCUT2D eigenvalue weighted by Crippen LogP contribution is -2.47. The van der Waals surface area contributed by atoms with Gasteiger partial charge < -0.3 is 10.1 Å². The van der Waals surface area contributed by atoms with Crippen LogP contribution in [-0.2, 0) is 4.74 Å². The van der Waals surface area contributed by atoms with E-state index in [1.165, 1.54) is 12.8 Å². The lowest BCUT2D eigenvalue weighted by molar-refractivity contribution is -0.0581. The monoisotopic (exact) mass is 320 g/mol. The summed E-state index contributed by atoms with van der Waals surface area (Å²) in [5.41, 5.74) is 0.557. The number of hydrogen-bond acceptors (Lipinski definition) is 3. The molecule has 4 nitrogen and oxygen atoms in total. The molecule has 1 saturated carbocycles. The number of morpholine rings is 1. The van der Waals surface area contributed by atoms with E-state index in [0.717, 1.165) is 32.0 Å². The van der Waals surface area contributed by atoms with Crippen LogP contribution in [0.1, 0.15) is 29.6 Å². The maximum Gasteiger partial charge on any atom is 0.253 e. The standard InChI is InChI=1S/C17H21ClN2O2/c18-15-4-2-1-3-14(15)17(21)19-12-7-13-10-22-16(11-5-6-11)9-20(13)8-12/h1-4,11-13,16H,5-10H2,(H,19,21)/t12-,13-,16-/m0/s1. The first kappa shape index (κ1) is 14.5. The Morgan fingerprint density at radius 2 is 2.09 bits per heavy atom. The average Bonchev–Trinajstić information content (AvgIpc) is 3.28. The van der Waals surface area contributed by atoms with Crippen molar-refractivity contribution in [1.82, 2.24) is 10.2 Å². The molecule has 0 radical (unpaired) electrons. The molecule has 2 saturated heterocycles. The topological polar surface area (TPSA) is 41.6 Å². The first-order chi connectivity index (χ1) is 10.7. The van der Waals surface area contributed by atoms with E-state index >= 15 is 0 Å². The Hall–Kier alpha value is -1.10. The van der Waals surface area contributed by atoms with Crippen molar-refractivity contribution < 1.29 is 9.53 Å². The molecule has 1 N–H and O–H groups in total. The summed E-state index contributed by atoms with van der Waals surface area (Å²) in [6, 6.07) is 7.84. The summed E-state index contributed by atoms with van der Waals surface area (Å²) >= 11 is 6.10. The Bertz CT molecular complexity index is 576. The Kier molecular flexibility index (Phi) is 3.84. The fourth-order valence-electron chi connectivity index (χ4n) is 3.67. The van der Waals surface area contributed by atoms with Crippen LogP contribution in [0.5, 0.6) is 0 Å². The van der Waals surface area contributed by atoms with E-state index in [1.54, 1.807) is 12.1 Å². The molecule has 3 aliphatic rings. The first-order valence-electron chi connectivity index (χ1n) is 8.12. The number of halogens is 1. The third-order valence-corrected chi connectivity index (χ3v) is 5.38. The van der Waals surface area contributed by atoms with Crippen molar-refractivity contribution in [3.05, 3.63) is 34.9 Å². The van der Waals surface area contributed by atoms with Crippen LogP contribution >= 0.6 is 11.6 Å². The lowest BCUT2D eigenvalue weighted by Gasteiger charge is -2.35. The summed E-state index contributed by atoms with van der Waals surface area (Å²) in [6.45, 7) is 2.75. The molecule has 0 aromatic heterocycles. The van der Waals surface area contributed by atoms with Gasteiger partial charge in [-0.25, -0.2) is 0 Å². The molecule has 3 fully saturated rings. The predicted octanol–water partition coefficient (Wildman–Crippen LogP) is 2.32. The number of nitrogens with one attached hydrogen (secondary N) is 1. The SMILES string of the molecule is O=C(N[C@H]1C[C@H]2CO[C@H](C3CC3)CN2C1)c1ccccc1Cl. The summed E-state index contributed by atoms with van der Waals surface area (Å²) in [7, 11) is 0. The van der Waals surface area contributed by atoms with Gasteiger partial charge >= 0.3 is 0 Å². The van der Waals surface area contributed by atoms with E-state index in [9.17, 15) is 4.79 Å². The average molecular weight is 321 g/mol. The molecule has 2 heterocycles. The minimum Gasteiger partial charge on any atom is -0.375 e. The number of fused-ring (bicyclic) bond motifs is 1. The highest BCUT2D eigenvalue weighted by atomic mass is 35.5. The van der Waals surface area contributed by atoms with Gasteiger partial charge in [-0.1, -0.05) is 23.7 Å². The van der Waals surface area contributed by atoms with Crippen LogP contribution in [-0.4, -0.2) is 48.7 Å². The minimum absolute atomic E-state index is 0.0740. The lowest BCUT2D eigenvalue weighted by atomic mass is 10.1. The summed E-state index contributed by atoms with van der Waals surface area (Å²) in [5.74, 6) is 0.702. The van der Waals surface area contributed by atoms with Gasteiger partial charge in [0.25, 0.3) is 5.91 Å². The normalized spacial score (nSPS) is 31.8. The Labute approximate surface area is 135 Å². The molecule has 5 heteroatoms. The summed E-state index contributed by atoms with van der Waals surface area (Å²) in [4.78, 5) is 14.9. The highest BCUT2D eigenvalue weighted by Crippen LogP contribution is 2.37. The molecule has 0 unspecified atom stereocenters. The first-order valence-corrected chi connectivity index (χ1v) is 8.49. The zero-order chi connectivity index (χ0) is 15.1. The van der Waals surface area contributed by atoms with Crippen molar-refractivity contribution >= 4 is 17.5 Å². The third-order valence-electron chi connectivity index (χ3n) is 5.05. The molecule has 4 rings (SSSR count). The Balaban J connectivity index is 1.37. The summed E-state index contributed by atoms with van der Waals surface area (Å²) in [5, 5.41) is 3.64. The van der Waals surface area contributed by atoms with Gasteiger partial charge in [0.05, 0.1) is 23.3 Å². The Morgan fingerprint density at radius 3 is 2.86 bits per heavy atom. The minimum atomic E-state index is -0.0740. The van der Waals surface area contributed by atoms with E-state index in [2.05, 4.69) is 10.2 Å². The summed E-state index contributed by atoms with van der Waals surface area (Å²) in [6.07, 6.45) is 4.01. The van der Waals surface area contributed by atoms with Crippen molar-refractivity contribution in [3.63, 3.8) is 0 Å². The smallest absolute Gasteiger partial charge is 0.253 e. The maximum absolute atomic E-state index is 12.4. The van der Waals surface area contributed by atoms with Gasteiger partial charge in [0.2, 0.25) is 0 Å². The molecule has 1 aliphatic carbocycles. The number of rotatable bonds is 3. The maximum atomic E-state index is 12.4. The van der Waals surface area contributed by atoms with Gasteiger partial charge in [0.1, 0.15) is 0 Å². The number of amides is 1. The van der Waals surface area contributed by atoms with Crippen LogP contribution in [0.3, 0.4) is 0 Å². The molecule has 0 bridgehead atoms. The fourth-order valence-corrected chi connectivity index (χ4v) is 3.89. The second kappa shape index (κ2) is 5.84. The van der Waals surface area contributed by atoms with Crippen LogP contribution in [0, 0.1) is 5.92 Å². The van der Waals surface area contributed by atoms with Crippen molar-refractivity contribution in [2.24, 2.45) is 5.92 Å². The molecule has 1 amide bonds. The fraction of sp³-hybridized carbons (Fsp3) is 0.588. The van der Waals surface area contributed by atoms with Gasteiger partial charge in [-0.3, -0.25) is 9.69 Å². The van der Waals surface area contributed by atoms with Gasteiger partial charge in [-0.2, -0.15) is 0 Å². The van der Waals surface area contributed by atoms with E-state index < -0.39 is 0 Å². The summed E-state index contributed by atoms with van der Waals surface area (Å²) < 4.78 is 6.00. The molecule has 1 aromatic rings. The quantitative estimate of drug-likeness (QED) is 0.929. The predicted molar refractivity (Wildman–Crippen MR) is 85.1 cm³/mol. The highest BCUT2D eigenvalue weighted by molar-refractivity contribution is 6.33. The second-order valence-electron chi connectivity index (χ2n) is 6.70. The molecule has 3 atom stereocenters. The van der Waals surface area contributed by atoms with Gasteiger partial charge in [0, 0.05) is 25.2 Å². The molecule has 2 aliphatic heterocycles.